The van der Waals surface area contributed by atoms with Gasteiger partial charge in [-0.15, -0.1) is 0 Å². The highest BCUT2D eigenvalue weighted by atomic mass is 32.2. The molecule has 0 saturated carbocycles. The quantitative estimate of drug-likeness (QED) is 0.368. The molecule has 0 aliphatic heterocycles. The van der Waals surface area contributed by atoms with Gasteiger partial charge in [0.1, 0.15) is 0 Å². The van der Waals surface area contributed by atoms with Crippen LogP contribution in [0.1, 0.15) is 47.1 Å². The summed E-state index contributed by atoms with van der Waals surface area (Å²) in [6, 6.07) is 17.0. The molecule has 0 aliphatic carbocycles. The maximum atomic E-state index is 12.8. The Morgan fingerprint density at radius 1 is 0.800 bits per heavy atom. The molecule has 3 aromatic rings. The van der Waals surface area contributed by atoms with E-state index < -0.39 is 18.1 Å². The molecule has 0 bridgehead atoms. The number of hydrogen-bond acceptors (Lipinski definition) is 2. The van der Waals surface area contributed by atoms with Crippen molar-refractivity contribution in [3.63, 3.8) is 0 Å². The van der Waals surface area contributed by atoms with Crippen LogP contribution >= 0.6 is 0 Å². The fraction of sp³-hybridized carbons (Fsp3) is 0.360. The molecule has 3 nitrogen and oxygen atoms in total. The molecular weight excluding hydrogens is 406 g/mol. The van der Waals surface area contributed by atoms with Crippen LogP contribution in [0.2, 0.25) is 16.6 Å². The van der Waals surface area contributed by atoms with Crippen molar-refractivity contribution in [1.29, 1.82) is 0 Å². The molecule has 0 spiro atoms. The number of benzene rings is 2. The standard InChI is InChI=1S/C25H33NO2SSi/c1-19(2)30(20(3)4,21(5)6)26-18-22(24-14-10-11-15-25(24)26)16-17-29(27,28)23-12-8-7-9-13-23/h7-21H,1-6H3/b17-16+. The number of aromatic nitrogens is 1. The summed E-state index contributed by atoms with van der Waals surface area (Å²) in [4.78, 5) is 0.320. The van der Waals surface area contributed by atoms with Gasteiger partial charge in [-0.2, -0.15) is 0 Å². The highest BCUT2D eigenvalue weighted by Gasteiger charge is 2.45. The second-order valence-corrected chi connectivity index (χ2v) is 16.5. The molecule has 0 atom stereocenters. The summed E-state index contributed by atoms with van der Waals surface area (Å²) >= 11 is 0. The van der Waals surface area contributed by atoms with Crippen LogP contribution in [0.4, 0.5) is 0 Å². The summed E-state index contributed by atoms with van der Waals surface area (Å²) in [6.45, 7) is 14.1. The molecule has 0 N–H and O–H groups in total. The Balaban J connectivity index is 2.20. The highest BCUT2D eigenvalue weighted by Crippen LogP contribution is 2.45. The number of hydrogen-bond donors (Lipinski definition) is 0. The van der Waals surface area contributed by atoms with Gasteiger partial charge in [-0.3, -0.25) is 0 Å². The van der Waals surface area contributed by atoms with Crippen LogP contribution in [-0.4, -0.2) is 20.9 Å². The van der Waals surface area contributed by atoms with Crippen molar-refractivity contribution >= 4 is 35.1 Å². The second-order valence-electron chi connectivity index (χ2n) is 8.98. The first-order valence-corrected chi connectivity index (χ1v) is 14.4. The van der Waals surface area contributed by atoms with Gasteiger partial charge in [-0.25, -0.2) is 8.42 Å². The van der Waals surface area contributed by atoms with E-state index in [4.69, 9.17) is 0 Å². The predicted octanol–water partition coefficient (Wildman–Crippen LogP) is 7.11. The minimum atomic E-state index is -3.48. The summed E-state index contributed by atoms with van der Waals surface area (Å²) in [5.74, 6) is 0. The first-order chi connectivity index (χ1) is 14.1. The van der Waals surface area contributed by atoms with Crippen molar-refractivity contribution in [1.82, 2.24) is 4.23 Å². The maximum Gasteiger partial charge on any atom is 0.199 e. The zero-order valence-corrected chi connectivity index (χ0v) is 20.6. The van der Waals surface area contributed by atoms with E-state index in [1.807, 2.05) is 12.1 Å². The third-order valence-corrected chi connectivity index (χ3v) is 14.6. The van der Waals surface area contributed by atoms with Gasteiger partial charge < -0.3 is 4.23 Å². The summed E-state index contributed by atoms with van der Waals surface area (Å²) in [5.41, 5.74) is 3.83. The Labute approximate surface area is 182 Å². The van der Waals surface area contributed by atoms with E-state index in [-0.39, 0.29) is 0 Å². The molecule has 3 rings (SSSR count). The van der Waals surface area contributed by atoms with Crippen molar-refractivity contribution in [3.05, 3.63) is 71.8 Å². The summed E-state index contributed by atoms with van der Waals surface area (Å²) in [6.07, 6.45) is 3.97. The third-order valence-electron chi connectivity index (χ3n) is 6.43. The van der Waals surface area contributed by atoms with Gasteiger partial charge in [0.15, 0.2) is 18.1 Å². The predicted molar refractivity (Wildman–Crippen MR) is 131 cm³/mol. The van der Waals surface area contributed by atoms with Gasteiger partial charge in [-0.05, 0) is 46.5 Å². The van der Waals surface area contributed by atoms with E-state index in [9.17, 15) is 8.42 Å². The van der Waals surface area contributed by atoms with E-state index in [2.05, 4.69) is 70.2 Å². The van der Waals surface area contributed by atoms with Gasteiger partial charge in [-0.1, -0.05) is 77.9 Å². The summed E-state index contributed by atoms with van der Waals surface area (Å²) < 4.78 is 28.1. The van der Waals surface area contributed by atoms with Crippen LogP contribution in [0, 0.1) is 0 Å². The molecule has 30 heavy (non-hydrogen) atoms. The highest BCUT2D eigenvalue weighted by molar-refractivity contribution is 7.94. The average Bonchev–Trinajstić information content (AvgIpc) is 3.06. The molecule has 1 aromatic heterocycles. The SMILES string of the molecule is CC(C)[Si](C(C)C)(C(C)C)n1cc(/C=C/S(=O)(=O)c2ccccc2)c2ccccc21. The molecule has 0 radical (unpaired) electrons. The number of sulfone groups is 1. The maximum absolute atomic E-state index is 12.8. The molecule has 1 heterocycles. The lowest BCUT2D eigenvalue weighted by molar-refractivity contribution is 0.605. The van der Waals surface area contributed by atoms with Gasteiger partial charge in [0.25, 0.3) is 0 Å². The monoisotopic (exact) mass is 439 g/mol. The summed E-state index contributed by atoms with van der Waals surface area (Å²) in [7, 11) is -5.43. The van der Waals surface area contributed by atoms with Crippen molar-refractivity contribution in [2.45, 2.75) is 63.1 Å². The van der Waals surface area contributed by atoms with Crippen LogP contribution in [0.5, 0.6) is 0 Å². The first-order valence-electron chi connectivity index (χ1n) is 10.7. The van der Waals surface area contributed by atoms with Crippen LogP contribution < -0.4 is 0 Å². The number of para-hydroxylation sites is 1. The smallest absolute Gasteiger partial charge is 0.199 e. The van der Waals surface area contributed by atoms with Crippen molar-refractivity contribution in [3.8, 4) is 0 Å². The third kappa shape index (κ3) is 3.81. The lowest BCUT2D eigenvalue weighted by Crippen LogP contribution is -2.51. The van der Waals surface area contributed by atoms with Gasteiger partial charge in [0.2, 0.25) is 0 Å². The van der Waals surface area contributed by atoms with Crippen molar-refractivity contribution in [2.24, 2.45) is 0 Å². The Bertz CT molecular complexity index is 1120. The lowest BCUT2D eigenvalue weighted by atomic mass is 10.2. The van der Waals surface area contributed by atoms with Gasteiger partial charge in [0, 0.05) is 22.5 Å². The zero-order valence-electron chi connectivity index (χ0n) is 18.8. The zero-order chi connectivity index (χ0) is 22.1. The van der Waals surface area contributed by atoms with Crippen LogP contribution in [0.15, 0.2) is 71.1 Å². The molecule has 0 aliphatic rings. The Morgan fingerprint density at radius 3 is 1.90 bits per heavy atom. The second kappa shape index (κ2) is 8.56. The first kappa shape index (κ1) is 22.6. The van der Waals surface area contributed by atoms with E-state index in [0.717, 1.165) is 10.9 Å². The van der Waals surface area contributed by atoms with E-state index in [1.165, 1.54) is 10.9 Å². The van der Waals surface area contributed by atoms with Crippen LogP contribution in [0.25, 0.3) is 17.0 Å². The Kier molecular flexibility index (Phi) is 6.44. The molecule has 160 valence electrons. The lowest BCUT2D eigenvalue weighted by Gasteiger charge is -2.44. The van der Waals surface area contributed by atoms with Crippen molar-refractivity contribution in [2.75, 3.05) is 0 Å². The Hall–Kier alpha value is -2.11. The normalized spacial score (nSPS) is 13.4. The fourth-order valence-electron chi connectivity index (χ4n) is 5.35. The molecule has 0 fully saturated rings. The molecule has 0 saturated heterocycles. The molecular formula is C25H33NO2SSi. The minimum absolute atomic E-state index is 0.320. The topological polar surface area (TPSA) is 39.1 Å². The largest absolute Gasteiger partial charge is 0.373 e. The van der Waals surface area contributed by atoms with E-state index in [0.29, 0.717) is 21.5 Å². The molecule has 2 aromatic carbocycles. The van der Waals surface area contributed by atoms with Gasteiger partial charge >= 0.3 is 0 Å². The van der Waals surface area contributed by atoms with E-state index >= 15 is 0 Å². The molecule has 5 heteroatoms. The summed E-state index contributed by atoms with van der Waals surface area (Å²) in [5, 5.41) is 2.45. The van der Waals surface area contributed by atoms with E-state index in [1.54, 1.807) is 30.3 Å². The number of fused-ring (bicyclic) bond motifs is 1. The van der Waals surface area contributed by atoms with Gasteiger partial charge in [0.05, 0.1) is 4.90 Å². The van der Waals surface area contributed by atoms with Crippen LogP contribution in [-0.2, 0) is 9.84 Å². The molecule has 0 amide bonds. The Morgan fingerprint density at radius 2 is 1.33 bits per heavy atom. The van der Waals surface area contributed by atoms with Crippen molar-refractivity contribution < 1.29 is 8.42 Å². The average molecular weight is 440 g/mol. The fourth-order valence-corrected chi connectivity index (χ4v) is 13.0. The number of nitrogens with zero attached hydrogens (tertiary/aromatic N) is 1. The molecule has 0 unspecified atom stereocenters. The number of rotatable bonds is 7. The van der Waals surface area contributed by atoms with Crippen LogP contribution in [0.3, 0.4) is 0 Å². The minimum Gasteiger partial charge on any atom is -0.373 e.